The van der Waals surface area contributed by atoms with Crippen LogP contribution >= 0.6 is 0 Å². The predicted molar refractivity (Wildman–Crippen MR) is 151 cm³/mol. The van der Waals surface area contributed by atoms with Crippen molar-refractivity contribution in [3.8, 4) is 33.4 Å². The van der Waals surface area contributed by atoms with Gasteiger partial charge in [-0.1, -0.05) is 36.4 Å². The van der Waals surface area contributed by atoms with E-state index in [4.69, 9.17) is 14.2 Å². The van der Waals surface area contributed by atoms with Crippen molar-refractivity contribution in [2.24, 2.45) is 0 Å². The number of benzene rings is 4. The third-order valence-corrected chi connectivity index (χ3v) is 7.03. The molecule has 4 aromatic rings. The number of methoxy groups -OCH3 is 3. The summed E-state index contributed by atoms with van der Waals surface area (Å²) in [7, 11) is 4.08. The molecule has 0 aliphatic rings. The van der Waals surface area contributed by atoms with Crippen LogP contribution in [0.25, 0.3) is 33.4 Å². The van der Waals surface area contributed by atoms with E-state index in [1.165, 1.54) is 21.3 Å². The van der Waals surface area contributed by atoms with Gasteiger partial charge in [0.25, 0.3) is 0 Å². The summed E-state index contributed by atoms with van der Waals surface area (Å²) in [5.41, 5.74) is 10.6. The van der Waals surface area contributed by atoms with E-state index in [0.29, 0.717) is 16.7 Å². The highest BCUT2D eigenvalue weighted by Gasteiger charge is 2.21. The van der Waals surface area contributed by atoms with E-state index in [1.807, 2.05) is 36.4 Å². The lowest BCUT2D eigenvalue weighted by atomic mass is 9.80. The third kappa shape index (κ3) is 5.18. The fourth-order valence-corrected chi connectivity index (χ4v) is 5.19. The second kappa shape index (κ2) is 11.4. The van der Waals surface area contributed by atoms with Gasteiger partial charge in [-0.25, -0.2) is 14.4 Å². The minimum absolute atomic E-state index is 0.392. The highest BCUT2D eigenvalue weighted by atomic mass is 16.5. The van der Waals surface area contributed by atoms with E-state index < -0.39 is 17.9 Å². The lowest BCUT2D eigenvalue weighted by Gasteiger charge is -2.23. The van der Waals surface area contributed by atoms with Gasteiger partial charge in [0.2, 0.25) is 0 Å². The summed E-state index contributed by atoms with van der Waals surface area (Å²) in [6.07, 6.45) is 0. The zero-order valence-electron chi connectivity index (χ0n) is 22.9. The van der Waals surface area contributed by atoms with E-state index in [9.17, 15) is 14.4 Å². The van der Waals surface area contributed by atoms with Gasteiger partial charge in [-0.15, -0.1) is 0 Å². The number of rotatable bonds is 6. The predicted octanol–water partition coefficient (Wildman–Crippen LogP) is 6.97. The van der Waals surface area contributed by atoms with Gasteiger partial charge in [0, 0.05) is 0 Å². The maximum atomic E-state index is 12.0. The second-order valence-electron chi connectivity index (χ2n) is 9.21. The van der Waals surface area contributed by atoms with Gasteiger partial charge in [-0.2, -0.15) is 0 Å². The Bertz CT molecular complexity index is 1340. The molecule has 0 spiro atoms. The molecule has 0 heterocycles. The number of carbonyl (C=O) groups excluding carboxylic acids is 3. The van der Waals surface area contributed by atoms with Crippen LogP contribution in [-0.2, 0) is 14.2 Å². The molecule has 0 saturated carbocycles. The Labute approximate surface area is 228 Å². The monoisotopic (exact) mass is 522 g/mol. The van der Waals surface area contributed by atoms with Gasteiger partial charge >= 0.3 is 17.9 Å². The topological polar surface area (TPSA) is 78.9 Å². The Balaban J connectivity index is 1.97. The molecule has 4 rings (SSSR count). The summed E-state index contributed by atoms with van der Waals surface area (Å²) in [5.74, 6) is -1.18. The quantitative estimate of drug-likeness (QED) is 0.201. The molecule has 0 aliphatic heterocycles. The van der Waals surface area contributed by atoms with Crippen LogP contribution in [0.3, 0.4) is 0 Å². The molecule has 0 aromatic heterocycles. The van der Waals surface area contributed by atoms with Crippen LogP contribution in [0.1, 0.15) is 47.8 Å². The van der Waals surface area contributed by atoms with Crippen molar-refractivity contribution in [1.29, 1.82) is 0 Å². The van der Waals surface area contributed by atoms with E-state index in [0.717, 1.165) is 50.1 Å². The Kier molecular flexibility index (Phi) is 7.96. The second-order valence-corrected chi connectivity index (χ2v) is 9.21. The summed E-state index contributed by atoms with van der Waals surface area (Å²) < 4.78 is 14.6. The molecule has 39 heavy (non-hydrogen) atoms. The van der Waals surface area contributed by atoms with Crippen LogP contribution in [-0.4, -0.2) is 39.2 Å². The zero-order valence-corrected chi connectivity index (χ0v) is 22.9. The normalized spacial score (nSPS) is 10.6. The van der Waals surface area contributed by atoms with Crippen molar-refractivity contribution in [2.45, 2.75) is 20.8 Å². The number of hydrogen-bond acceptors (Lipinski definition) is 6. The number of ether oxygens (including phenoxy) is 3. The number of carbonyl (C=O) groups is 3. The Morgan fingerprint density at radius 1 is 0.410 bits per heavy atom. The van der Waals surface area contributed by atoms with Crippen LogP contribution in [0.5, 0.6) is 0 Å². The van der Waals surface area contributed by atoms with E-state index in [2.05, 4.69) is 20.8 Å². The molecule has 0 saturated heterocycles. The van der Waals surface area contributed by atoms with Gasteiger partial charge in [0.15, 0.2) is 0 Å². The Morgan fingerprint density at radius 3 is 0.795 bits per heavy atom. The standard InChI is InChI=1S/C33H30O6/c1-19-28(22-7-13-25(14-8-22)31(34)37-4)20(2)30(24-11-17-27(18-12-24)33(36)39-6)21(3)29(19)23-9-15-26(16-10-23)32(35)38-5/h7-18H,1-6H3. The first-order chi connectivity index (χ1) is 18.7. The molecule has 0 atom stereocenters. The summed E-state index contributed by atoms with van der Waals surface area (Å²) in [6, 6.07) is 22.1. The van der Waals surface area contributed by atoms with Crippen LogP contribution in [0.2, 0.25) is 0 Å². The van der Waals surface area contributed by atoms with Gasteiger partial charge in [-0.05, 0) is 107 Å². The molecular formula is C33H30O6. The van der Waals surface area contributed by atoms with Crippen molar-refractivity contribution in [3.05, 3.63) is 106 Å². The summed E-state index contributed by atoms with van der Waals surface area (Å²) in [5, 5.41) is 0. The van der Waals surface area contributed by atoms with Crippen LogP contribution in [0.4, 0.5) is 0 Å². The highest BCUT2D eigenvalue weighted by molar-refractivity contribution is 5.95. The molecule has 6 nitrogen and oxygen atoms in total. The van der Waals surface area contributed by atoms with Gasteiger partial charge in [-0.3, -0.25) is 0 Å². The molecule has 0 fully saturated rings. The lowest BCUT2D eigenvalue weighted by Crippen LogP contribution is -2.04. The van der Waals surface area contributed by atoms with E-state index in [1.54, 1.807) is 36.4 Å². The third-order valence-electron chi connectivity index (χ3n) is 7.03. The molecule has 0 bridgehead atoms. The van der Waals surface area contributed by atoms with Crippen molar-refractivity contribution in [2.75, 3.05) is 21.3 Å². The number of hydrogen-bond donors (Lipinski definition) is 0. The van der Waals surface area contributed by atoms with Gasteiger partial charge < -0.3 is 14.2 Å². The van der Waals surface area contributed by atoms with E-state index in [-0.39, 0.29) is 0 Å². The Morgan fingerprint density at radius 2 is 0.615 bits per heavy atom. The molecule has 0 aliphatic carbocycles. The van der Waals surface area contributed by atoms with Crippen LogP contribution < -0.4 is 0 Å². The van der Waals surface area contributed by atoms with Gasteiger partial charge in [0.1, 0.15) is 0 Å². The van der Waals surface area contributed by atoms with Crippen molar-refractivity contribution < 1.29 is 28.6 Å². The van der Waals surface area contributed by atoms with Crippen molar-refractivity contribution in [3.63, 3.8) is 0 Å². The first kappa shape index (κ1) is 27.3. The van der Waals surface area contributed by atoms with Crippen molar-refractivity contribution >= 4 is 17.9 Å². The average Bonchev–Trinajstić information content (AvgIpc) is 2.97. The molecule has 6 heteroatoms. The van der Waals surface area contributed by atoms with E-state index >= 15 is 0 Å². The molecule has 0 unspecified atom stereocenters. The lowest BCUT2D eigenvalue weighted by molar-refractivity contribution is 0.0592. The average molecular weight is 523 g/mol. The molecule has 4 aromatic carbocycles. The highest BCUT2D eigenvalue weighted by Crippen LogP contribution is 2.43. The fraction of sp³-hybridized carbons (Fsp3) is 0.182. The Hall–Kier alpha value is -4.71. The molecular weight excluding hydrogens is 492 g/mol. The number of esters is 3. The van der Waals surface area contributed by atoms with Gasteiger partial charge in [0.05, 0.1) is 38.0 Å². The summed E-state index contributed by atoms with van der Waals surface area (Å²) in [4.78, 5) is 36.1. The van der Waals surface area contributed by atoms with Crippen LogP contribution in [0, 0.1) is 20.8 Å². The molecule has 0 amide bonds. The minimum Gasteiger partial charge on any atom is -0.465 e. The molecule has 0 radical (unpaired) electrons. The fourth-order valence-electron chi connectivity index (χ4n) is 5.19. The van der Waals surface area contributed by atoms with Crippen LogP contribution in [0.15, 0.2) is 72.8 Å². The maximum Gasteiger partial charge on any atom is 0.337 e. The molecule has 0 N–H and O–H groups in total. The van der Waals surface area contributed by atoms with Crippen molar-refractivity contribution in [1.82, 2.24) is 0 Å². The largest absolute Gasteiger partial charge is 0.465 e. The smallest absolute Gasteiger partial charge is 0.337 e. The first-order valence-corrected chi connectivity index (χ1v) is 12.4. The summed E-state index contributed by atoms with van der Waals surface area (Å²) >= 11 is 0. The molecule has 198 valence electrons. The first-order valence-electron chi connectivity index (χ1n) is 12.4. The maximum absolute atomic E-state index is 12.0. The summed E-state index contributed by atoms with van der Waals surface area (Å²) in [6.45, 7) is 6.24. The SMILES string of the molecule is COC(=O)c1ccc(-c2c(C)c(-c3ccc(C(=O)OC)cc3)c(C)c(-c3ccc(C(=O)OC)cc3)c2C)cc1. The minimum atomic E-state index is -0.392. The zero-order chi connectivity index (χ0) is 28.3.